The maximum atomic E-state index is 5.92. The smallest absolute Gasteiger partial charge is 0.0735 e. The maximum Gasteiger partial charge on any atom is 0.0735 e. The molecule has 2 nitrogen and oxygen atoms in total. The number of pyridine rings is 1. The molecule has 0 radical (unpaired) electrons. The predicted octanol–water partition coefficient (Wildman–Crippen LogP) is 5.62. The topological polar surface area (TPSA) is 22.1 Å². The van der Waals surface area contributed by atoms with Gasteiger partial charge >= 0.3 is 0 Å². The standard InChI is InChI=1S/C14H21NO.2C2H6/c1-14(2)7-5-13(6-8-14)16-11-12-4-3-9-15-10-12;2*1-2/h3-4,9-10,13H,5-8,11H2,1-2H3;2*1-2H3. The van der Waals surface area contributed by atoms with E-state index in [0.29, 0.717) is 18.1 Å². The van der Waals surface area contributed by atoms with E-state index in [0.717, 1.165) is 0 Å². The molecule has 0 bridgehead atoms. The lowest BCUT2D eigenvalue weighted by Crippen LogP contribution is -2.26. The van der Waals surface area contributed by atoms with Gasteiger partial charge < -0.3 is 4.74 Å². The summed E-state index contributed by atoms with van der Waals surface area (Å²) in [4.78, 5) is 4.09. The fourth-order valence-corrected chi connectivity index (χ4v) is 2.24. The summed E-state index contributed by atoms with van der Waals surface area (Å²) >= 11 is 0. The minimum atomic E-state index is 0.452. The van der Waals surface area contributed by atoms with E-state index in [4.69, 9.17) is 4.74 Å². The number of nitrogens with zero attached hydrogens (tertiary/aromatic N) is 1. The molecule has 0 spiro atoms. The second-order valence-electron chi connectivity index (χ2n) is 5.54. The van der Waals surface area contributed by atoms with Crippen molar-refractivity contribution in [3.63, 3.8) is 0 Å². The largest absolute Gasteiger partial charge is 0.373 e. The van der Waals surface area contributed by atoms with Crippen molar-refractivity contribution in [2.24, 2.45) is 5.41 Å². The van der Waals surface area contributed by atoms with E-state index in [1.165, 1.54) is 31.2 Å². The SMILES string of the molecule is CC.CC.CC1(C)CCC(OCc2cccnc2)CC1. The highest BCUT2D eigenvalue weighted by Gasteiger charge is 2.26. The molecule has 116 valence electrons. The molecule has 1 aliphatic rings. The zero-order valence-corrected chi connectivity index (χ0v) is 14.3. The summed E-state index contributed by atoms with van der Waals surface area (Å²) in [6.07, 6.45) is 9.10. The van der Waals surface area contributed by atoms with Crippen LogP contribution in [-0.4, -0.2) is 11.1 Å². The van der Waals surface area contributed by atoms with Gasteiger partial charge in [0.1, 0.15) is 0 Å². The van der Waals surface area contributed by atoms with Crippen molar-refractivity contribution in [2.45, 2.75) is 79.9 Å². The van der Waals surface area contributed by atoms with Crippen LogP contribution in [0.3, 0.4) is 0 Å². The molecule has 0 amide bonds. The van der Waals surface area contributed by atoms with E-state index < -0.39 is 0 Å². The van der Waals surface area contributed by atoms with Crippen LogP contribution >= 0.6 is 0 Å². The van der Waals surface area contributed by atoms with Crippen molar-refractivity contribution >= 4 is 0 Å². The van der Waals surface area contributed by atoms with Crippen molar-refractivity contribution in [1.82, 2.24) is 4.98 Å². The van der Waals surface area contributed by atoms with Gasteiger partial charge in [0.05, 0.1) is 12.7 Å². The lowest BCUT2D eigenvalue weighted by Gasteiger charge is -2.34. The maximum absolute atomic E-state index is 5.92. The Bertz CT molecular complexity index is 311. The Morgan fingerprint density at radius 2 is 1.75 bits per heavy atom. The van der Waals surface area contributed by atoms with E-state index in [1.54, 1.807) is 6.20 Å². The van der Waals surface area contributed by atoms with Crippen molar-refractivity contribution in [3.8, 4) is 0 Å². The number of aromatic nitrogens is 1. The molecule has 0 unspecified atom stereocenters. The fraction of sp³-hybridized carbons (Fsp3) is 0.722. The third-order valence-corrected chi connectivity index (χ3v) is 3.49. The van der Waals surface area contributed by atoms with Crippen LogP contribution in [0.1, 0.15) is 72.8 Å². The predicted molar refractivity (Wildman–Crippen MR) is 87.8 cm³/mol. The Hall–Kier alpha value is -0.890. The molecule has 0 saturated heterocycles. The highest BCUT2D eigenvalue weighted by atomic mass is 16.5. The first-order chi connectivity index (χ1) is 9.66. The lowest BCUT2D eigenvalue weighted by atomic mass is 9.76. The van der Waals surface area contributed by atoms with Gasteiger partial charge in [-0.15, -0.1) is 0 Å². The summed E-state index contributed by atoms with van der Waals surface area (Å²) in [7, 11) is 0. The van der Waals surface area contributed by atoms with E-state index in [9.17, 15) is 0 Å². The molecule has 1 aromatic heterocycles. The van der Waals surface area contributed by atoms with Crippen molar-refractivity contribution in [3.05, 3.63) is 30.1 Å². The third-order valence-electron chi connectivity index (χ3n) is 3.49. The van der Waals surface area contributed by atoms with Gasteiger partial charge in [-0.05, 0) is 42.7 Å². The molecule has 20 heavy (non-hydrogen) atoms. The van der Waals surface area contributed by atoms with Gasteiger partial charge in [0.25, 0.3) is 0 Å². The first-order valence-electron chi connectivity index (χ1n) is 8.16. The molecule has 1 saturated carbocycles. The molecule has 1 aliphatic carbocycles. The van der Waals surface area contributed by atoms with E-state index >= 15 is 0 Å². The molecule has 0 aromatic carbocycles. The normalized spacial score (nSPS) is 17.3. The van der Waals surface area contributed by atoms with Gasteiger partial charge in [0.15, 0.2) is 0 Å². The quantitative estimate of drug-likeness (QED) is 0.716. The first-order valence-corrected chi connectivity index (χ1v) is 8.16. The molecule has 2 rings (SSSR count). The summed E-state index contributed by atoms with van der Waals surface area (Å²) in [6, 6.07) is 4.03. The van der Waals surface area contributed by atoms with Gasteiger partial charge in [0.2, 0.25) is 0 Å². The Morgan fingerprint density at radius 1 is 1.15 bits per heavy atom. The zero-order chi connectivity index (χ0) is 15.4. The summed E-state index contributed by atoms with van der Waals surface area (Å²) in [5.74, 6) is 0. The third kappa shape index (κ3) is 7.64. The van der Waals surface area contributed by atoms with E-state index in [1.807, 2.05) is 40.0 Å². The van der Waals surface area contributed by atoms with Crippen molar-refractivity contribution in [2.75, 3.05) is 0 Å². The summed E-state index contributed by atoms with van der Waals surface area (Å²) in [5.41, 5.74) is 1.70. The Labute approximate surface area is 126 Å². The molecule has 2 heteroatoms. The highest BCUT2D eigenvalue weighted by molar-refractivity contribution is 5.06. The summed E-state index contributed by atoms with van der Waals surface area (Å²) in [5, 5.41) is 0. The van der Waals surface area contributed by atoms with Crippen LogP contribution in [0.5, 0.6) is 0 Å². The minimum absolute atomic E-state index is 0.452. The van der Waals surface area contributed by atoms with E-state index in [-0.39, 0.29) is 0 Å². The number of hydrogen-bond donors (Lipinski definition) is 0. The first kappa shape index (κ1) is 19.1. The van der Waals surface area contributed by atoms with Crippen molar-refractivity contribution in [1.29, 1.82) is 0 Å². The number of rotatable bonds is 3. The van der Waals surface area contributed by atoms with Gasteiger partial charge in [-0.25, -0.2) is 0 Å². The number of ether oxygens (including phenoxy) is 1. The fourth-order valence-electron chi connectivity index (χ4n) is 2.24. The summed E-state index contributed by atoms with van der Waals surface area (Å²) in [6.45, 7) is 13.4. The van der Waals surface area contributed by atoms with E-state index in [2.05, 4.69) is 24.9 Å². The molecule has 1 fully saturated rings. The number of hydrogen-bond acceptors (Lipinski definition) is 2. The molecule has 1 heterocycles. The van der Waals surface area contributed by atoms with Crippen LogP contribution < -0.4 is 0 Å². The van der Waals surface area contributed by atoms with Crippen molar-refractivity contribution < 1.29 is 4.74 Å². The second kappa shape index (κ2) is 10.8. The van der Waals surface area contributed by atoms with Gasteiger partial charge in [-0.2, -0.15) is 0 Å². The molecule has 0 atom stereocenters. The van der Waals surface area contributed by atoms with Gasteiger partial charge in [-0.3, -0.25) is 4.98 Å². The monoisotopic (exact) mass is 279 g/mol. The Balaban J connectivity index is 0.000000829. The van der Waals surface area contributed by atoms with Gasteiger partial charge in [-0.1, -0.05) is 47.6 Å². The average molecular weight is 279 g/mol. The minimum Gasteiger partial charge on any atom is -0.373 e. The summed E-state index contributed by atoms with van der Waals surface area (Å²) < 4.78 is 5.92. The Kier molecular flexibility index (Phi) is 10.4. The molecular weight excluding hydrogens is 246 g/mol. The molecule has 0 aliphatic heterocycles. The second-order valence-corrected chi connectivity index (χ2v) is 5.54. The van der Waals surface area contributed by atoms with Crippen LogP contribution in [-0.2, 0) is 11.3 Å². The molecular formula is C18H33NO. The lowest BCUT2D eigenvalue weighted by molar-refractivity contribution is -0.00568. The van der Waals surface area contributed by atoms with Crippen LogP contribution in [0.2, 0.25) is 0 Å². The Morgan fingerprint density at radius 3 is 2.25 bits per heavy atom. The molecule has 0 N–H and O–H groups in total. The zero-order valence-electron chi connectivity index (χ0n) is 14.3. The van der Waals surface area contributed by atoms with Crippen LogP contribution in [0.25, 0.3) is 0 Å². The van der Waals surface area contributed by atoms with Crippen LogP contribution in [0.15, 0.2) is 24.5 Å². The average Bonchev–Trinajstić information content (AvgIpc) is 2.51. The highest BCUT2D eigenvalue weighted by Crippen LogP contribution is 2.36. The van der Waals surface area contributed by atoms with Crippen LogP contribution in [0, 0.1) is 5.41 Å². The molecule has 1 aromatic rings. The van der Waals surface area contributed by atoms with Crippen LogP contribution in [0.4, 0.5) is 0 Å². The van der Waals surface area contributed by atoms with Gasteiger partial charge in [0, 0.05) is 12.4 Å².